The van der Waals surface area contributed by atoms with Gasteiger partial charge in [-0.2, -0.15) is 0 Å². The number of carbonyl (C=O) groups excluding carboxylic acids is 1. The van der Waals surface area contributed by atoms with E-state index in [-0.39, 0.29) is 18.1 Å². The van der Waals surface area contributed by atoms with Crippen molar-refractivity contribution < 1.29 is 14.5 Å². The third-order valence-electron chi connectivity index (χ3n) is 4.97. The highest BCUT2D eigenvalue weighted by molar-refractivity contribution is 5.93. The Hall–Kier alpha value is -2.97. The van der Waals surface area contributed by atoms with Crippen LogP contribution in [0.5, 0.6) is 0 Å². The number of amides is 1. The van der Waals surface area contributed by atoms with Crippen LogP contribution in [0, 0.1) is 17.0 Å². The van der Waals surface area contributed by atoms with Gasteiger partial charge in [-0.15, -0.1) is 0 Å². The van der Waals surface area contributed by atoms with E-state index in [9.17, 15) is 14.9 Å². The van der Waals surface area contributed by atoms with Crippen LogP contribution in [0.3, 0.4) is 0 Å². The molecule has 1 N–H and O–H groups in total. The summed E-state index contributed by atoms with van der Waals surface area (Å²) in [5, 5.41) is 13.9. The molecule has 0 atom stereocenters. The highest BCUT2D eigenvalue weighted by Gasteiger charge is 2.18. The van der Waals surface area contributed by atoms with Crippen LogP contribution >= 0.6 is 0 Å². The quantitative estimate of drug-likeness (QED) is 0.570. The van der Waals surface area contributed by atoms with Gasteiger partial charge in [0.15, 0.2) is 0 Å². The second-order valence-corrected chi connectivity index (χ2v) is 7.16. The number of nitrogens with one attached hydrogen (secondary N) is 1. The van der Waals surface area contributed by atoms with Gasteiger partial charge >= 0.3 is 0 Å². The Bertz CT molecular complexity index is 881. The topological polar surface area (TPSA) is 88.0 Å². The molecule has 0 bridgehead atoms. The molecule has 0 radical (unpaired) electrons. The largest absolute Gasteiger partial charge is 0.378 e. The summed E-state index contributed by atoms with van der Waals surface area (Å²) < 4.78 is 5.44. The van der Waals surface area contributed by atoms with Crippen LogP contribution in [0.1, 0.15) is 11.1 Å². The number of nitrogens with zero attached hydrogens (tertiary/aromatic N) is 3. The number of likely N-dealkylation sites (N-methyl/N-ethyl adjacent to an activating group) is 1. The van der Waals surface area contributed by atoms with Gasteiger partial charge in [0.2, 0.25) is 5.91 Å². The Morgan fingerprint density at radius 2 is 1.93 bits per heavy atom. The van der Waals surface area contributed by atoms with Gasteiger partial charge in [-0.25, -0.2) is 0 Å². The number of para-hydroxylation sites is 1. The van der Waals surface area contributed by atoms with E-state index in [0.29, 0.717) is 17.8 Å². The van der Waals surface area contributed by atoms with Gasteiger partial charge in [0, 0.05) is 31.4 Å². The summed E-state index contributed by atoms with van der Waals surface area (Å²) in [5.74, 6) is -0.208. The summed E-state index contributed by atoms with van der Waals surface area (Å²) in [6.45, 7) is 5.58. The van der Waals surface area contributed by atoms with Crippen molar-refractivity contribution in [3.8, 4) is 0 Å². The summed E-state index contributed by atoms with van der Waals surface area (Å²) in [6.07, 6.45) is 0. The van der Waals surface area contributed by atoms with Crippen molar-refractivity contribution in [2.75, 3.05) is 50.1 Å². The number of hydrogen-bond acceptors (Lipinski definition) is 6. The van der Waals surface area contributed by atoms with Gasteiger partial charge in [-0.1, -0.05) is 24.3 Å². The molecule has 0 saturated carbocycles. The molecule has 1 amide bonds. The molecule has 1 fully saturated rings. The molecule has 0 unspecified atom stereocenters. The van der Waals surface area contributed by atoms with Gasteiger partial charge in [0.25, 0.3) is 5.69 Å². The number of rotatable bonds is 7. The number of hydrogen-bond donors (Lipinski definition) is 1. The van der Waals surface area contributed by atoms with Crippen molar-refractivity contribution in [1.82, 2.24) is 4.90 Å². The maximum absolute atomic E-state index is 12.5. The summed E-state index contributed by atoms with van der Waals surface area (Å²) in [5.41, 5.74) is 3.22. The minimum Gasteiger partial charge on any atom is -0.378 e. The standard InChI is InChI=1S/C21H26N4O4/c1-16-18(7-5-9-19(16)25(27)28)22-21(26)15-23(2)14-17-6-3-4-8-20(17)24-10-12-29-13-11-24/h3-9H,10-15H2,1-2H3,(H,22,26). The molecule has 0 spiro atoms. The minimum atomic E-state index is -0.445. The third kappa shape index (κ3) is 5.30. The maximum atomic E-state index is 12.5. The van der Waals surface area contributed by atoms with Gasteiger partial charge in [0.05, 0.1) is 35.9 Å². The molecule has 8 nitrogen and oxygen atoms in total. The summed E-state index contributed by atoms with van der Waals surface area (Å²) in [7, 11) is 1.88. The van der Waals surface area contributed by atoms with Crippen LogP contribution in [-0.4, -0.2) is 55.6 Å². The molecule has 2 aromatic carbocycles. The predicted molar refractivity (Wildman–Crippen MR) is 112 cm³/mol. The van der Waals surface area contributed by atoms with Crippen molar-refractivity contribution >= 4 is 23.0 Å². The van der Waals surface area contributed by atoms with Gasteiger partial charge < -0.3 is 15.0 Å². The predicted octanol–water partition coefficient (Wildman–Crippen LogP) is 2.81. The Morgan fingerprint density at radius 1 is 1.21 bits per heavy atom. The molecule has 1 saturated heterocycles. The number of benzene rings is 2. The molecular weight excluding hydrogens is 372 g/mol. The van der Waals surface area contributed by atoms with Crippen LogP contribution in [-0.2, 0) is 16.1 Å². The fraction of sp³-hybridized carbons (Fsp3) is 0.381. The minimum absolute atomic E-state index is 0.00408. The third-order valence-corrected chi connectivity index (χ3v) is 4.97. The lowest BCUT2D eigenvalue weighted by molar-refractivity contribution is -0.385. The monoisotopic (exact) mass is 398 g/mol. The molecular formula is C21H26N4O4. The first-order chi connectivity index (χ1) is 14.0. The van der Waals surface area contributed by atoms with Crippen LogP contribution in [0.15, 0.2) is 42.5 Å². The normalized spacial score (nSPS) is 14.1. The molecule has 2 aromatic rings. The average Bonchev–Trinajstić information content (AvgIpc) is 2.70. The van der Waals surface area contributed by atoms with E-state index in [0.717, 1.165) is 37.6 Å². The van der Waals surface area contributed by atoms with Gasteiger partial charge in [0.1, 0.15) is 0 Å². The molecule has 29 heavy (non-hydrogen) atoms. The Labute approximate surface area is 170 Å². The van der Waals surface area contributed by atoms with Crippen LogP contribution in [0.25, 0.3) is 0 Å². The summed E-state index contributed by atoms with van der Waals surface area (Å²) >= 11 is 0. The van der Waals surface area contributed by atoms with E-state index < -0.39 is 4.92 Å². The fourth-order valence-corrected chi connectivity index (χ4v) is 3.50. The average molecular weight is 398 g/mol. The molecule has 1 heterocycles. The van der Waals surface area contributed by atoms with E-state index in [1.54, 1.807) is 19.1 Å². The number of morpholine rings is 1. The zero-order chi connectivity index (χ0) is 20.8. The second kappa shape index (κ2) is 9.49. The zero-order valence-corrected chi connectivity index (χ0v) is 16.8. The summed E-state index contributed by atoms with van der Waals surface area (Å²) in [4.78, 5) is 27.4. The Balaban J connectivity index is 1.63. The van der Waals surface area contributed by atoms with E-state index in [1.807, 2.05) is 24.1 Å². The summed E-state index contributed by atoms with van der Waals surface area (Å²) in [6, 6.07) is 12.9. The molecule has 0 aromatic heterocycles. The second-order valence-electron chi connectivity index (χ2n) is 7.16. The molecule has 0 aliphatic carbocycles. The SMILES string of the molecule is Cc1c(NC(=O)CN(C)Cc2ccccc2N2CCOCC2)cccc1[N+](=O)[O-]. The Kier molecular flexibility index (Phi) is 6.79. The van der Waals surface area contributed by atoms with Crippen molar-refractivity contribution in [3.63, 3.8) is 0 Å². The van der Waals surface area contributed by atoms with Crippen molar-refractivity contribution in [2.45, 2.75) is 13.5 Å². The van der Waals surface area contributed by atoms with E-state index in [1.165, 1.54) is 6.07 Å². The van der Waals surface area contributed by atoms with Crippen molar-refractivity contribution in [2.24, 2.45) is 0 Å². The van der Waals surface area contributed by atoms with Gasteiger partial charge in [-0.3, -0.25) is 19.8 Å². The molecule has 3 rings (SSSR count). The van der Waals surface area contributed by atoms with Crippen LogP contribution in [0.4, 0.5) is 17.1 Å². The number of nitro benzene ring substituents is 1. The zero-order valence-electron chi connectivity index (χ0n) is 16.8. The molecule has 8 heteroatoms. The van der Waals surface area contributed by atoms with Crippen LogP contribution in [0.2, 0.25) is 0 Å². The number of nitro groups is 1. The van der Waals surface area contributed by atoms with E-state index in [2.05, 4.69) is 22.3 Å². The maximum Gasteiger partial charge on any atom is 0.274 e. The van der Waals surface area contributed by atoms with Crippen molar-refractivity contribution in [3.05, 3.63) is 63.7 Å². The number of anilines is 2. The lowest BCUT2D eigenvalue weighted by Crippen LogP contribution is -2.37. The lowest BCUT2D eigenvalue weighted by atomic mass is 10.1. The lowest BCUT2D eigenvalue weighted by Gasteiger charge is -2.31. The highest BCUT2D eigenvalue weighted by atomic mass is 16.6. The highest BCUT2D eigenvalue weighted by Crippen LogP contribution is 2.25. The first kappa shape index (κ1) is 20.8. The van der Waals surface area contributed by atoms with E-state index >= 15 is 0 Å². The van der Waals surface area contributed by atoms with Gasteiger partial charge in [-0.05, 0) is 31.7 Å². The first-order valence-corrected chi connectivity index (χ1v) is 9.58. The fourth-order valence-electron chi connectivity index (χ4n) is 3.50. The molecule has 1 aliphatic rings. The number of carbonyl (C=O) groups is 1. The number of ether oxygens (including phenoxy) is 1. The first-order valence-electron chi connectivity index (χ1n) is 9.58. The molecule has 1 aliphatic heterocycles. The Morgan fingerprint density at radius 3 is 2.66 bits per heavy atom. The van der Waals surface area contributed by atoms with E-state index in [4.69, 9.17) is 4.74 Å². The smallest absolute Gasteiger partial charge is 0.274 e. The molecule has 154 valence electrons. The van der Waals surface area contributed by atoms with Crippen LogP contribution < -0.4 is 10.2 Å². The van der Waals surface area contributed by atoms with Crippen molar-refractivity contribution in [1.29, 1.82) is 0 Å².